The summed E-state index contributed by atoms with van der Waals surface area (Å²) in [6.45, 7) is 4.87. The van der Waals surface area contributed by atoms with Gasteiger partial charge in [-0.1, -0.05) is 19.1 Å². The molecular weight excluding hydrogens is 321 g/mol. The summed E-state index contributed by atoms with van der Waals surface area (Å²) in [5.74, 6) is 2.37. The van der Waals surface area contributed by atoms with E-state index in [1.54, 1.807) is 0 Å². The van der Waals surface area contributed by atoms with Gasteiger partial charge in [-0.25, -0.2) is 4.39 Å². The molecule has 2 heterocycles. The van der Waals surface area contributed by atoms with Gasteiger partial charge in [-0.15, -0.1) is 0 Å². The number of benzene rings is 2. The van der Waals surface area contributed by atoms with Gasteiger partial charge in [0, 0.05) is 18.0 Å². The molecule has 0 bridgehead atoms. The highest BCUT2D eigenvalue weighted by atomic mass is 19.1. The summed E-state index contributed by atoms with van der Waals surface area (Å²) >= 11 is 0. The van der Waals surface area contributed by atoms with E-state index in [0.29, 0.717) is 12.5 Å². The van der Waals surface area contributed by atoms with Crippen molar-refractivity contribution >= 4 is 0 Å². The van der Waals surface area contributed by atoms with Crippen molar-refractivity contribution in [3.05, 3.63) is 53.8 Å². The fraction of sp³-hybridized carbons (Fsp3) is 0.400. The first-order valence-corrected chi connectivity index (χ1v) is 8.63. The summed E-state index contributed by atoms with van der Waals surface area (Å²) in [5, 5.41) is 3.47. The second-order valence-corrected chi connectivity index (χ2v) is 7.03. The Bertz CT molecular complexity index is 749. The first kappa shape index (κ1) is 16.2. The lowest BCUT2D eigenvalue weighted by atomic mass is 9.70. The van der Waals surface area contributed by atoms with Crippen LogP contribution in [0.3, 0.4) is 0 Å². The number of fused-ring (bicyclic) bond motifs is 1. The van der Waals surface area contributed by atoms with Crippen LogP contribution in [-0.2, 0) is 0 Å². The van der Waals surface area contributed by atoms with Crippen molar-refractivity contribution in [3.8, 4) is 17.2 Å². The molecule has 132 valence electrons. The van der Waals surface area contributed by atoms with Crippen LogP contribution in [0, 0.1) is 11.2 Å². The van der Waals surface area contributed by atoms with E-state index in [4.69, 9.17) is 14.2 Å². The summed E-state index contributed by atoms with van der Waals surface area (Å²) in [6, 6.07) is 12.5. The summed E-state index contributed by atoms with van der Waals surface area (Å²) in [4.78, 5) is 0. The van der Waals surface area contributed by atoms with Crippen molar-refractivity contribution < 1.29 is 18.6 Å². The molecule has 0 amide bonds. The first-order valence-electron chi connectivity index (χ1n) is 8.63. The van der Waals surface area contributed by atoms with Crippen molar-refractivity contribution in [2.75, 3.05) is 26.5 Å². The molecule has 2 aromatic rings. The smallest absolute Gasteiger partial charge is 0.231 e. The van der Waals surface area contributed by atoms with E-state index in [1.165, 1.54) is 17.7 Å². The predicted octanol–water partition coefficient (Wildman–Crippen LogP) is 3.72. The fourth-order valence-corrected chi connectivity index (χ4v) is 3.72. The topological polar surface area (TPSA) is 39.7 Å². The summed E-state index contributed by atoms with van der Waals surface area (Å²) in [7, 11) is 0. The number of halogens is 1. The second-order valence-electron chi connectivity index (χ2n) is 7.03. The van der Waals surface area contributed by atoms with E-state index in [1.807, 2.05) is 30.3 Å². The Labute approximate surface area is 146 Å². The molecular formula is C20H22FNO3. The Morgan fingerprint density at radius 3 is 2.80 bits per heavy atom. The summed E-state index contributed by atoms with van der Waals surface area (Å²) < 4.78 is 30.1. The Morgan fingerprint density at radius 2 is 1.96 bits per heavy atom. The maximum atomic E-state index is 13.3. The van der Waals surface area contributed by atoms with Crippen molar-refractivity contribution in [1.82, 2.24) is 5.32 Å². The Balaban J connectivity index is 1.51. The summed E-state index contributed by atoms with van der Waals surface area (Å²) in [5.41, 5.74) is 1.09. The molecule has 0 aromatic heterocycles. The average Bonchev–Trinajstić information content (AvgIpc) is 3.09. The Hall–Kier alpha value is -2.27. The Morgan fingerprint density at radius 1 is 1.16 bits per heavy atom. The maximum absolute atomic E-state index is 13.3. The lowest BCUT2D eigenvalue weighted by Gasteiger charge is -2.42. The van der Waals surface area contributed by atoms with Gasteiger partial charge in [-0.05, 0) is 48.7 Å². The van der Waals surface area contributed by atoms with E-state index >= 15 is 0 Å². The molecule has 0 aliphatic carbocycles. The van der Waals surface area contributed by atoms with Crippen molar-refractivity contribution in [2.45, 2.75) is 19.3 Å². The molecule has 1 fully saturated rings. The summed E-state index contributed by atoms with van der Waals surface area (Å²) in [6.07, 6.45) is 1.01. The van der Waals surface area contributed by atoms with Crippen LogP contribution >= 0.6 is 0 Å². The van der Waals surface area contributed by atoms with E-state index in [9.17, 15) is 4.39 Å². The number of hydrogen-bond acceptors (Lipinski definition) is 4. The quantitative estimate of drug-likeness (QED) is 0.918. The minimum Gasteiger partial charge on any atom is -0.493 e. The molecule has 0 spiro atoms. The maximum Gasteiger partial charge on any atom is 0.231 e. The van der Waals surface area contributed by atoms with Gasteiger partial charge in [-0.3, -0.25) is 0 Å². The molecule has 25 heavy (non-hydrogen) atoms. The predicted molar refractivity (Wildman–Crippen MR) is 92.8 cm³/mol. The van der Waals surface area contributed by atoms with Gasteiger partial charge in [0.25, 0.3) is 0 Å². The van der Waals surface area contributed by atoms with E-state index in [-0.39, 0.29) is 18.0 Å². The van der Waals surface area contributed by atoms with E-state index < -0.39 is 0 Å². The zero-order valence-corrected chi connectivity index (χ0v) is 14.3. The number of hydrogen-bond donors (Lipinski definition) is 1. The third-order valence-electron chi connectivity index (χ3n) is 5.16. The van der Waals surface area contributed by atoms with Gasteiger partial charge >= 0.3 is 0 Å². The molecule has 4 nitrogen and oxygen atoms in total. The van der Waals surface area contributed by atoms with Crippen LogP contribution < -0.4 is 19.5 Å². The molecule has 4 rings (SSSR count). The van der Waals surface area contributed by atoms with Crippen LogP contribution in [-0.4, -0.2) is 26.5 Å². The molecule has 0 saturated carbocycles. The molecule has 2 aliphatic rings. The molecule has 1 N–H and O–H groups in total. The van der Waals surface area contributed by atoms with E-state index in [2.05, 4.69) is 12.2 Å². The van der Waals surface area contributed by atoms with Crippen LogP contribution in [0.1, 0.15) is 24.8 Å². The standard InChI is InChI=1S/C20H22FNO3/c1-20(12-23-16-6-7-18-19(10-16)25-13-24-18)11-22-9-8-17(20)14-2-4-15(21)5-3-14/h2-7,10,17,22H,8-9,11-13H2,1H3. The van der Waals surface area contributed by atoms with Crippen molar-refractivity contribution in [1.29, 1.82) is 0 Å². The number of ether oxygens (including phenoxy) is 3. The molecule has 1 saturated heterocycles. The third-order valence-corrected chi connectivity index (χ3v) is 5.16. The van der Waals surface area contributed by atoms with Gasteiger partial charge in [0.05, 0.1) is 6.61 Å². The molecule has 2 unspecified atom stereocenters. The molecule has 2 atom stereocenters. The lowest BCUT2D eigenvalue weighted by molar-refractivity contribution is 0.103. The molecule has 2 aliphatic heterocycles. The monoisotopic (exact) mass is 343 g/mol. The van der Waals surface area contributed by atoms with Gasteiger partial charge in [0.2, 0.25) is 6.79 Å². The van der Waals surface area contributed by atoms with Gasteiger partial charge in [-0.2, -0.15) is 0 Å². The molecule has 0 radical (unpaired) electrons. The van der Waals surface area contributed by atoms with Crippen LogP contribution in [0.25, 0.3) is 0 Å². The first-order chi connectivity index (χ1) is 12.1. The molecule has 5 heteroatoms. The van der Waals surface area contributed by atoms with Gasteiger partial charge in [0.1, 0.15) is 11.6 Å². The number of nitrogens with one attached hydrogen (secondary N) is 1. The van der Waals surface area contributed by atoms with E-state index in [0.717, 1.165) is 36.8 Å². The van der Waals surface area contributed by atoms with Crippen LogP contribution in [0.5, 0.6) is 17.2 Å². The average molecular weight is 343 g/mol. The number of rotatable bonds is 4. The van der Waals surface area contributed by atoms with Crippen molar-refractivity contribution in [3.63, 3.8) is 0 Å². The minimum atomic E-state index is -0.198. The number of piperidine rings is 1. The third kappa shape index (κ3) is 3.29. The Kier molecular flexibility index (Phi) is 4.25. The highest BCUT2D eigenvalue weighted by Gasteiger charge is 2.38. The normalized spacial score (nSPS) is 25.0. The minimum absolute atomic E-state index is 0.0769. The van der Waals surface area contributed by atoms with Crippen LogP contribution in [0.15, 0.2) is 42.5 Å². The van der Waals surface area contributed by atoms with Crippen LogP contribution in [0.2, 0.25) is 0 Å². The van der Waals surface area contributed by atoms with Crippen molar-refractivity contribution in [2.24, 2.45) is 5.41 Å². The highest BCUT2D eigenvalue weighted by Crippen LogP contribution is 2.41. The zero-order valence-electron chi connectivity index (χ0n) is 14.3. The zero-order chi connectivity index (χ0) is 17.3. The molecule has 2 aromatic carbocycles. The fourth-order valence-electron chi connectivity index (χ4n) is 3.72. The second kappa shape index (κ2) is 6.56. The highest BCUT2D eigenvalue weighted by molar-refractivity contribution is 5.46. The van der Waals surface area contributed by atoms with Gasteiger partial charge in [0.15, 0.2) is 11.5 Å². The van der Waals surface area contributed by atoms with Crippen LogP contribution in [0.4, 0.5) is 4.39 Å². The largest absolute Gasteiger partial charge is 0.493 e. The van der Waals surface area contributed by atoms with Gasteiger partial charge < -0.3 is 19.5 Å². The lowest BCUT2D eigenvalue weighted by Crippen LogP contribution is -2.47. The SMILES string of the molecule is CC1(COc2ccc3c(c2)OCO3)CNCCC1c1ccc(F)cc1.